The molecule has 0 spiro atoms. The van der Waals surface area contributed by atoms with Crippen LogP contribution < -0.4 is 4.74 Å². The second-order valence-electron chi connectivity index (χ2n) is 5.44. The zero-order valence-electron chi connectivity index (χ0n) is 11.7. The summed E-state index contributed by atoms with van der Waals surface area (Å²) in [4.78, 5) is 2.07. The SMILES string of the molecule is Cc1ccc(C)c(OCC(O)CN2CC[C@H](O)C2)c1. The van der Waals surface area contributed by atoms with Crippen LogP contribution >= 0.6 is 0 Å². The first-order valence-corrected chi connectivity index (χ1v) is 6.83. The molecule has 1 heterocycles. The minimum absolute atomic E-state index is 0.243. The molecule has 1 unspecified atom stereocenters. The van der Waals surface area contributed by atoms with Crippen LogP contribution in [-0.2, 0) is 0 Å². The minimum Gasteiger partial charge on any atom is -0.491 e. The van der Waals surface area contributed by atoms with Gasteiger partial charge in [-0.05, 0) is 37.5 Å². The van der Waals surface area contributed by atoms with Gasteiger partial charge in [0.15, 0.2) is 0 Å². The summed E-state index contributed by atoms with van der Waals surface area (Å²) >= 11 is 0. The molecular weight excluding hydrogens is 242 g/mol. The minimum atomic E-state index is -0.523. The van der Waals surface area contributed by atoms with Gasteiger partial charge in [-0.25, -0.2) is 0 Å². The Morgan fingerprint density at radius 1 is 1.42 bits per heavy atom. The number of aliphatic hydroxyl groups excluding tert-OH is 2. The van der Waals surface area contributed by atoms with Crippen LogP contribution in [-0.4, -0.2) is 53.6 Å². The molecule has 0 bridgehead atoms. The van der Waals surface area contributed by atoms with E-state index in [9.17, 15) is 10.2 Å². The number of aliphatic hydroxyl groups is 2. The molecule has 1 fully saturated rings. The van der Waals surface area contributed by atoms with Gasteiger partial charge < -0.3 is 14.9 Å². The highest BCUT2D eigenvalue weighted by atomic mass is 16.5. The van der Waals surface area contributed by atoms with Crippen molar-refractivity contribution in [3.05, 3.63) is 29.3 Å². The first-order chi connectivity index (χ1) is 9.04. The van der Waals surface area contributed by atoms with Gasteiger partial charge in [0, 0.05) is 19.6 Å². The average Bonchev–Trinajstić information content (AvgIpc) is 2.76. The maximum absolute atomic E-state index is 9.97. The van der Waals surface area contributed by atoms with Gasteiger partial charge in [0.25, 0.3) is 0 Å². The van der Waals surface area contributed by atoms with Crippen molar-refractivity contribution in [3.8, 4) is 5.75 Å². The Hall–Kier alpha value is -1.10. The summed E-state index contributed by atoms with van der Waals surface area (Å²) in [5, 5.41) is 19.4. The first kappa shape index (κ1) is 14.3. The van der Waals surface area contributed by atoms with Crippen molar-refractivity contribution in [1.82, 2.24) is 4.90 Å². The molecule has 1 aliphatic heterocycles. The van der Waals surface area contributed by atoms with E-state index in [-0.39, 0.29) is 12.7 Å². The molecule has 1 saturated heterocycles. The molecule has 19 heavy (non-hydrogen) atoms. The van der Waals surface area contributed by atoms with E-state index in [1.807, 2.05) is 32.0 Å². The normalized spacial score (nSPS) is 21.6. The predicted octanol–water partition coefficient (Wildman–Crippen LogP) is 1.11. The van der Waals surface area contributed by atoms with Crippen molar-refractivity contribution in [2.45, 2.75) is 32.5 Å². The van der Waals surface area contributed by atoms with Gasteiger partial charge in [0.1, 0.15) is 18.5 Å². The van der Waals surface area contributed by atoms with Gasteiger partial charge in [0.05, 0.1) is 6.10 Å². The summed E-state index contributed by atoms with van der Waals surface area (Å²) in [5.41, 5.74) is 2.23. The maximum atomic E-state index is 9.97. The van der Waals surface area contributed by atoms with Gasteiger partial charge in [0.2, 0.25) is 0 Å². The Morgan fingerprint density at radius 3 is 2.89 bits per heavy atom. The topological polar surface area (TPSA) is 52.9 Å². The van der Waals surface area contributed by atoms with Crippen LogP contribution in [0.1, 0.15) is 17.5 Å². The number of aryl methyl sites for hydroxylation is 2. The van der Waals surface area contributed by atoms with E-state index in [2.05, 4.69) is 4.90 Å². The predicted molar refractivity (Wildman–Crippen MR) is 74.5 cm³/mol. The van der Waals surface area contributed by atoms with Crippen LogP contribution in [0.15, 0.2) is 18.2 Å². The van der Waals surface area contributed by atoms with E-state index in [1.165, 1.54) is 0 Å². The summed E-state index contributed by atoms with van der Waals surface area (Å²) < 4.78 is 5.68. The molecule has 4 heteroatoms. The highest BCUT2D eigenvalue weighted by molar-refractivity contribution is 5.35. The van der Waals surface area contributed by atoms with Crippen LogP contribution in [0.25, 0.3) is 0 Å². The standard InChI is InChI=1S/C15H23NO3/c1-11-3-4-12(2)15(7-11)19-10-14(18)9-16-6-5-13(17)8-16/h3-4,7,13-14,17-18H,5-6,8-10H2,1-2H3/t13-,14?/m0/s1. The van der Waals surface area contributed by atoms with E-state index in [0.29, 0.717) is 13.1 Å². The van der Waals surface area contributed by atoms with Crippen molar-refractivity contribution in [3.63, 3.8) is 0 Å². The largest absolute Gasteiger partial charge is 0.491 e. The van der Waals surface area contributed by atoms with Crippen LogP contribution in [0.2, 0.25) is 0 Å². The monoisotopic (exact) mass is 265 g/mol. The summed E-state index contributed by atoms with van der Waals surface area (Å²) in [7, 11) is 0. The molecule has 1 aliphatic rings. The third-order valence-corrected chi connectivity index (χ3v) is 3.49. The van der Waals surface area contributed by atoms with Gasteiger partial charge in [-0.2, -0.15) is 0 Å². The van der Waals surface area contributed by atoms with E-state index < -0.39 is 6.10 Å². The number of rotatable bonds is 5. The van der Waals surface area contributed by atoms with Crippen LogP contribution in [0.4, 0.5) is 0 Å². The lowest BCUT2D eigenvalue weighted by atomic mass is 10.1. The van der Waals surface area contributed by atoms with Gasteiger partial charge >= 0.3 is 0 Å². The second-order valence-corrected chi connectivity index (χ2v) is 5.44. The molecule has 2 atom stereocenters. The number of benzene rings is 1. The lowest BCUT2D eigenvalue weighted by Gasteiger charge is -2.20. The summed E-state index contributed by atoms with van der Waals surface area (Å²) in [5.74, 6) is 0.834. The number of hydrogen-bond donors (Lipinski definition) is 2. The van der Waals surface area contributed by atoms with Crippen molar-refractivity contribution in [2.75, 3.05) is 26.2 Å². The van der Waals surface area contributed by atoms with E-state index in [4.69, 9.17) is 4.74 Å². The summed E-state index contributed by atoms with van der Waals surface area (Å²) in [6, 6.07) is 6.06. The second kappa shape index (κ2) is 6.37. The Morgan fingerprint density at radius 2 is 2.21 bits per heavy atom. The van der Waals surface area contributed by atoms with Crippen LogP contribution in [0.5, 0.6) is 5.75 Å². The molecule has 1 aromatic rings. The van der Waals surface area contributed by atoms with Crippen molar-refractivity contribution in [1.29, 1.82) is 0 Å². The molecule has 0 saturated carbocycles. The quantitative estimate of drug-likeness (QED) is 0.837. The first-order valence-electron chi connectivity index (χ1n) is 6.83. The zero-order valence-corrected chi connectivity index (χ0v) is 11.7. The van der Waals surface area contributed by atoms with E-state index in [1.54, 1.807) is 0 Å². The van der Waals surface area contributed by atoms with E-state index in [0.717, 1.165) is 29.8 Å². The van der Waals surface area contributed by atoms with Gasteiger partial charge in [-0.3, -0.25) is 4.90 Å². The number of β-amino-alcohol motifs (C(OH)–C–C–N with tert-alkyl or cyclic N) is 2. The highest BCUT2D eigenvalue weighted by Gasteiger charge is 2.22. The summed E-state index contributed by atoms with van der Waals surface area (Å²) in [6.07, 6.45) is 0.0299. The highest BCUT2D eigenvalue weighted by Crippen LogP contribution is 2.19. The lowest BCUT2D eigenvalue weighted by molar-refractivity contribution is 0.0705. The van der Waals surface area contributed by atoms with Gasteiger partial charge in [-0.1, -0.05) is 12.1 Å². The molecule has 106 valence electrons. The third-order valence-electron chi connectivity index (χ3n) is 3.49. The smallest absolute Gasteiger partial charge is 0.122 e. The Labute approximate surface area is 114 Å². The summed E-state index contributed by atoms with van der Waals surface area (Å²) in [6.45, 7) is 6.37. The number of likely N-dealkylation sites (tertiary alicyclic amines) is 1. The molecule has 4 nitrogen and oxygen atoms in total. The van der Waals surface area contributed by atoms with Crippen molar-refractivity contribution in [2.24, 2.45) is 0 Å². The fourth-order valence-corrected chi connectivity index (χ4v) is 2.38. The number of nitrogens with zero attached hydrogens (tertiary/aromatic N) is 1. The number of hydrogen-bond acceptors (Lipinski definition) is 4. The fraction of sp³-hybridized carbons (Fsp3) is 0.600. The molecular formula is C15H23NO3. The third kappa shape index (κ3) is 4.20. The molecule has 0 radical (unpaired) electrons. The molecule has 0 aromatic heterocycles. The molecule has 2 N–H and O–H groups in total. The molecule has 0 amide bonds. The molecule has 1 aromatic carbocycles. The Balaban J connectivity index is 1.79. The average molecular weight is 265 g/mol. The zero-order chi connectivity index (χ0) is 13.8. The lowest BCUT2D eigenvalue weighted by Crippen LogP contribution is -2.34. The molecule has 2 rings (SSSR count). The van der Waals surface area contributed by atoms with Crippen LogP contribution in [0, 0.1) is 13.8 Å². The fourth-order valence-electron chi connectivity index (χ4n) is 2.38. The number of ether oxygens (including phenoxy) is 1. The van der Waals surface area contributed by atoms with Crippen molar-refractivity contribution < 1.29 is 14.9 Å². The van der Waals surface area contributed by atoms with Gasteiger partial charge in [-0.15, -0.1) is 0 Å². The van der Waals surface area contributed by atoms with Crippen LogP contribution in [0.3, 0.4) is 0 Å². The molecule has 0 aliphatic carbocycles. The van der Waals surface area contributed by atoms with E-state index >= 15 is 0 Å². The van der Waals surface area contributed by atoms with Crippen molar-refractivity contribution >= 4 is 0 Å². The maximum Gasteiger partial charge on any atom is 0.122 e. The Bertz CT molecular complexity index is 422. The Kier molecular flexibility index (Phi) is 4.80.